The number of likely N-dealkylation sites (N-methyl/N-ethyl adjacent to an activating group) is 2. The van der Waals surface area contributed by atoms with E-state index in [9.17, 15) is 0 Å². The van der Waals surface area contributed by atoms with Crippen LogP contribution in [0.25, 0.3) is 0 Å². The van der Waals surface area contributed by atoms with Crippen LogP contribution in [0, 0.1) is 0 Å². The second-order valence-corrected chi connectivity index (χ2v) is 4.99. The molecule has 2 aliphatic rings. The molecule has 2 aliphatic heterocycles. The van der Waals surface area contributed by atoms with Gasteiger partial charge in [0.05, 0.1) is 12.7 Å². The third-order valence-corrected chi connectivity index (χ3v) is 3.72. The Morgan fingerprint density at radius 2 is 1.75 bits per heavy atom. The zero-order valence-corrected chi connectivity index (χ0v) is 10.7. The molecule has 0 saturated carbocycles. The van der Waals surface area contributed by atoms with E-state index < -0.39 is 0 Å². The number of rotatable bonds is 3. The maximum Gasteiger partial charge on any atom is 0.0829 e. The third-order valence-electron chi connectivity index (χ3n) is 3.72. The predicted molar refractivity (Wildman–Crippen MR) is 65.8 cm³/mol. The zero-order chi connectivity index (χ0) is 11.4. The van der Waals surface area contributed by atoms with Crippen molar-refractivity contribution < 1.29 is 4.74 Å². The average molecular weight is 227 g/mol. The maximum absolute atomic E-state index is 5.81. The van der Waals surface area contributed by atoms with E-state index in [0.29, 0.717) is 6.10 Å². The minimum absolute atomic E-state index is 0.423. The molecule has 2 heterocycles. The Morgan fingerprint density at radius 3 is 2.38 bits per heavy atom. The van der Waals surface area contributed by atoms with Crippen molar-refractivity contribution in [1.29, 1.82) is 0 Å². The van der Waals surface area contributed by atoms with Crippen LogP contribution in [0.4, 0.5) is 0 Å². The van der Waals surface area contributed by atoms with Crippen molar-refractivity contribution >= 4 is 0 Å². The monoisotopic (exact) mass is 227 g/mol. The highest BCUT2D eigenvalue weighted by Gasteiger charge is 2.22. The highest BCUT2D eigenvalue weighted by Crippen LogP contribution is 2.08. The van der Waals surface area contributed by atoms with Gasteiger partial charge in [0.1, 0.15) is 0 Å². The van der Waals surface area contributed by atoms with Crippen LogP contribution in [0.15, 0.2) is 0 Å². The van der Waals surface area contributed by atoms with E-state index in [4.69, 9.17) is 4.74 Å². The van der Waals surface area contributed by atoms with Crippen LogP contribution in [0.2, 0.25) is 0 Å². The van der Waals surface area contributed by atoms with E-state index in [0.717, 1.165) is 26.2 Å². The van der Waals surface area contributed by atoms with Crippen molar-refractivity contribution in [1.82, 2.24) is 14.7 Å². The standard InChI is InChI=1S/C12H25N3O/c1-3-14-4-6-15(7-5-14)11-12-10-13(2)8-9-16-12/h12H,3-11H2,1-2H3/t12-/m1/s1. The van der Waals surface area contributed by atoms with Crippen LogP contribution in [0.3, 0.4) is 0 Å². The zero-order valence-electron chi connectivity index (χ0n) is 10.7. The number of nitrogens with zero attached hydrogens (tertiary/aromatic N) is 3. The van der Waals surface area contributed by atoms with Gasteiger partial charge in [-0.15, -0.1) is 0 Å². The molecule has 0 aliphatic carbocycles. The van der Waals surface area contributed by atoms with Gasteiger partial charge in [-0.05, 0) is 13.6 Å². The highest BCUT2D eigenvalue weighted by atomic mass is 16.5. The van der Waals surface area contributed by atoms with Crippen LogP contribution in [-0.4, -0.2) is 86.8 Å². The van der Waals surface area contributed by atoms with E-state index in [1.165, 1.54) is 32.7 Å². The van der Waals surface area contributed by atoms with Crippen molar-refractivity contribution in [2.75, 3.05) is 66.0 Å². The Morgan fingerprint density at radius 1 is 1.06 bits per heavy atom. The first-order valence-electron chi connectivity index (χ1n) is 6.53. The first-order chi connectivity index (χ1) is 7.78. The molecule has 4 nitrogen and oxygen atoms in total. The van der Waals surface area contributed by atoms with Gasteiger partial charge in [-0.3, -0.25) is 4.90 Å². The van der Waals surface area contributed by atoms with Gasteiger partial charge in [-0.25, -0.2) is 0 Å². The normalized spacial score (nSPS) is 30.8. The quantitative estimate of drug-likeness (QED) is 0.673. The van der Waals surface area contributed by atoms with E-state index in [1.807, 2.05) is 0 Å². The van der Waals surface area contributed by atoms with Gasteiger partial charge in [-0.2, -0.15) is 0 Å². The first kappa shape index (κ1) is 12.3. The molecule has 2 saturated heterocycles. The molecule has 2 rings (SSSR count). The number of morpholine rings is 1. The SMILES string of the molecule is CCN1CCN(C[C@H]2CN(C)CCO2)CC1. The number of piperazine rings is 1. The Labute approximate surface area is 99.1 Å². The summed E-state index contributed by atoms with van der Waals surface area (Å²) in [4.78, 5) is 7.44. The van der Waals surface area contributed by atoms with Crippen molar-refractivity contribution in [3.63, 3.8) is 0 Å². The number of hydrogen-bond acceptors (Lipinski definition) is 4. The van der Waals surface area contributed by atoms with Crippen LogP contribution in [-0.2, 0) is 4.74 Å². The molecule has 0 bridgehead atoms. The average Bonchev–Trinajstić information content (AvgIpc) is 2.30. The predicted octanol–water partition coefficient (Wildman–Crippen LogP) is -0.0455. The fraction of sp³-hybridized carbons (Fsp3) is 1.00. The van der Waals surface area contributed by atoms with Crippen LogP contribution in [0.1, 0.15) is 6.92 Å². The van der Waals surface area contributed by atoms with E-state index >= 15 is 0 Å². The molecular formula is C12H25N3O. The highest BCUT2D eigenvalue weighted by molar-refractivity contribution is 4.77. The van der Waals surface area contributed by atoms with E-state index in [2.05, 4.69) is 28.7 Å². The minimum atomic E-state index is 0.423. The Balaban J connectivity index is 1.69. The molecule has 94 valence electrons. The smallest absolute Gasteiger partial charge is 0.0829 e. The lowest BCUT2D eigenvalue weighted by Gasteiger charge is -2.38. The van der Waals surface area contributed by atoms with Crippen molar-refractivity contribution in [2.45, 2.75) is 13.0 Å². The van der Waals surface area contributed by atoms with Gasteiger partial charge in [-0.1, -0.05) is 6.92 Å². The molecule has 2 fully saturated rings. The minimum Gasteiger partial charge on any atom is -0.374 e. The van der Waals surface area contributed by atoms with Crippen molar-refractivity contribution in [3.05, 3.63) is 0 Å². The Hall–Kier alpha value is -0.160. The van der Waals surface area contributed by atoms with Gasteiger partial charge in [0.15, 0.2) is 0 Å². The molecule has 16 heavy (non-hydrogen) atoms. The largest absolute Gasteiger partial charge is 0.374 e. The Bertz CT molecular complexity index is 204. The van der Waals surface area contributed by atoms with E-state index in [1.54, 1.807) is 0 Å². The molecule has 1 atom stereocenters. The van der Waals surface area contributed by atoms with E-state index in [-0.39, 0.29) is 0 Å². The fourth-order valence-electron chi connectivity index (χ4n) is 2.55. The molecule has 0 N–H and O–H groups in total. The summed E-state index contributed by atoms with van der Waals surface area (Å²) in [5.74, 6) is 0. The molecule has 4 heteroatoms. The lowest BCUT2D eigenvalue weighted by atomic mass is 10.2. The van der Waals surface area contributed by atoms with Crippen molar-refractivity contribution in [3.8, 4) is 0 Å². The number of ether oxygens (including phenoxy) is 1. The summed E-state index contributed by atoms with van der Waals surface area (Å²) in [5.41, 5.74) is 0. The molecule has 0 spiro atoms. The Kier molecular flexibility index (Phi) is 4.58. The molecule has 0 unspecified atom stereocenters. The maximum atomic E-state index is 5.81. The summed E-state index contributed by atoms with van der Waals surface area (Å²) in [7, 11) is 2.19. The summed E-state index contributed by atoms with van der Waals surface area (Å²) in [6.45, 7) is 12.5. The van der Waals surface area contributed by atoms with Crippen LogP contribution in [0.5, 0.6) is 0 Å². The summed E-state index contributed by atoms with van der Waals surface area (Å²) in [5, 5.41) is 0. The first-order valence-corrected chi connectivity index (χ1v) is 6.53. The number of hydrogen-bond donors (Lipinski definition) is 0. The fourth-order valence-corrected chi connectivity index (χ4v) is 2.55. The topological polar surface area (TPSA) is 19.0 Å². The summed E-state index contributed by atoms with van der Waals surface area (Å²) < 4.78 is 5.81. The molecular weight excluding hydrogens is 202 g/mol. The second kappa shape index (κ2) is 5.96. The molecule has 0 aromatic carbocycles. The van der Waals surface area contributed by atoms with Gasteiger partial charge in [0.25, 0.3) is 0 Å². The van der Waals surface area contributed by atoms with Gasteiger partial charge < -0.3 is 14.5 Å². The lowest BCUT2D eigenvalue weighted by Crippen LogP contribution is -2.51. The van der Waals surface area contributed by atoms with Gasteiger partial charge in [0, 0.05) is 45.8 Å². The summed E-state index contributed by atoms with van der Waals surface area (Å²) in [6.07, 6.45) is 0.423. The molecule has 0 aromatic heterocycles. The van der Waals surface area contributed by atoms with Crippen LogP contribution < -0.4 is 0 Å². The lowest BCUT2D eigenvalue weighted by molar-refractivity contribution is -0.0408. The molecule has 0 amide bonds. The molecule has 0 aromatic rings. The summed E-state index contributed by atoms with van der Waals surface area (Å²) >= 11 is 0. The van der Waals surface area contributed by atoms with Gasteiger partial charge >= 0.3 is 0 Å². The van der Waals surface area contributed by atoms with Gasteiger partial charge in [0.2, 0.25) is 0 Å². The summed E-state index contributed by atoms with van der Waals surface area (Å²) in [6, 6.07) is 0. The third kappa shape index (κ3) is 3.42. The molecule has 0 radical (unpaired) electrons. The van der Waals surface area contributed by atoms with Crippen LogP contribution >= 0.6 is 0 Å². The second-order valence-electron chi connectivity index (χ2n) is 4.99. The van der Waals surface area contributed by atoms with Crippen molar-refractivity contribution in [2.24, 2.45) is 0 Å².